The molecule has 0 aliphatic carbocycles. The van der Waals surface area contributed by atoms with Gasteiger partial charge in [0.05, 0.1) is 25.0 Å². The Balaban J connectivity index is 0.00000420. The van der Waals surface area contributed by atoms with Crippen molar-refractivity contribution in [3.05, 3.63) is 29.0 Å². The van der Waals surface area contributed by atoms with Crippen LogP contribution in [0.3, 0.4) is 0 Å². The number of halogens is 2. The highest BCUT2D eigenvalue weighted by molar-refractivity contribution is 14.0. The van der Waals surface area contributed by atoms with E-state index in [0.717, 1.165) is 18.1 Å². The van der Waals surface area contributed by atoms with Crippen LogP contribution in [0.1, 0.15) is 26.3 Å². The van der Waals surface area contributed by atoms with Crippen LogP contribution in [0.15, 0.2) is 23.3 Å². The molecule has 0 bridgehead atoms. The summed E-state index contributed by atoms with van der Waals surface area (Å²) in [5.74, 6) is 0.792. The molecule has 0 unspecified atom stereocenters. The molecule has 2 heterocycles. The molecule has 11 heteroatoms. The summed E-state index contributed by atoms with van der Waals surface area (Å²) in [6, 6.07) is 3.64. The van der Waals surface area contributed by atoms with Crippen molar-refractivity contribution in [2.75, 3.05) is 45.1 Å². The van der Waals surface area contributed by atoms with Gasteiger partial charge < -0.3 is 15.0 Å². The maximum absolute atomic E-state index is 12.5. The van der Waals surface area contributed by atoms with Crippen LogP contribution in [-0.2, 0) is 21.3 Å². The zero-order chi connectivity index (χ0) is 20.6. The van der Waals surface area contributed by atoms with Crippen molar-refractivity contribution in [3.8, 4) is 0 Å². The molecule has 1 fully saturated rings. The van der Waals surface area contributed by atoms with Crippen molar-refractivity contribution in [1.29, 1.82) is 0 Å². The fourth-order valence-electron chi connectivity index (χ4n) is 2.79. The Morgan fingerprint density at radius 2 is 2.00 bits per heavy atom. The molecule has 1 aromatic heterocycles. The van der Waals surface area contributed by atoms with Crippen LogP contribution in [0.25, 0.3) is 0 Å². The Labute approximate surface area is 196 Å². The molecular formula is C18H31ClIN5O3S. The van der Waals surface area contributed by atoms with Gasteiger partial charge in [-0.15, -0.1) is 24.0 Å². The molecular weight excluding hydrogens is 529 g/mol. The van der Waals surface area contributed by atoms with Crippen LogP contribution in [-0.4, -0.2) is 79.8 Å². The molecule has 2 rings (SSSR count). The molecule has 166 valence electrons. The SMILES string of the molecule is CCNC(=NCc1ccc(Cl)nc1)N1CCN(S(=O)(=O)CCOC(C)C)CC1.I. The molecule has 1 aromatic rings. The first kappa shape index (κ1) is 26.3. The molecule has 1 N–H and O–H groups in total. The van der Waals surface area contributed by atoms with E-state index in [9.17, 15) is 8.42 Å². The minimum Gasteiger partial charge on any atom is -0.378 e. The van der Waals surface area contributed by atoms with E-state index in [-0.39, 0.29) is 42.4 Å². The van der Waals surface area contributed by atoms with Crippen LogP contribution in [0.4, 0.5) is 0 Å². The van der Waals surface area contributed by atoms with E-state index in [2.05, 4.69) is 20.2 Å². The summed E-state index contributed by atoms with van der Waals surface area (Å²) in [6.07, 6.45) is 1.74. The normalized spacial score (nSPS) is 16.0. The van der Waals surface area contributed by atoms with Crippen molar-refractivity contribution in [3.63, 3.8) is 0 Å². The second-order valence-electron chi connectivity index (χ2n) is 6.78. The summed E-state index contributed by atoms with van der Waals surface area (Å²) in [7, 11) is -3.30. The van der Waals surface area contributed by atoms with Crippen LogP contribution in [0.2, 0.25) is 5.15 Å². The Morgan fingerprint density at radius 3 is 2.55 bits per heavy atom. The van der Waals surface area contributed by atoms with Gasteiger partial charge in [0, 0.05) is 38.9 Å². The highest BCUT2D eigenvalue weighted by atomic mass is 127. The first-order valence-electron chi connectivity index (χ1n) is 9.55. The number of nitrogens with one attached hydrogen (secondary N) is 1. The fraction of sp³-hybridized carbons (Fsp3) is 0.667. The zero-order valence-electron chi connectivity index (χ0n) is 17.2. The second-order valence-corrected chi connectivity index (χ2v) is 9.26. The summed E-state index contributed by atoms with van der Waals surface area (Å²) in [6.45, 7) is 9.31. The summed E-state index contributed by atoms with van der Waals surface area (Å²) in [5.41, 5.74) is 0.964. The third-order valence-electron chi connectivity index (χ3n) is 4.26. The van der Waals surface area contributed by atoms with Gasteiger partial charge in [0.25, 0.3) is 0 Å². The van der Waals surface area contributed by atoms with Crippen molar-refractivity contribution in [1.82, 2.24) is 19.5 Å². The number of nitrogens with zero attached hydrogens (tertiary/aromatic N) is 4. The highest BCUT2D eigenvalue weighted by Gasteiger charge is 2.28. The molecule has 1 saturated heterocycles. The standard InChI is InChI=1S/C18H30ClN5O3S.HI/c1-4-20-18(22-14-16-5-6-17(19)21-13-16)23-7-9-24(10-8-23)28(25,26)12-11-27-15(2)3;/h5-6,13,15H,4,7-12,14H2,1-3H3,(H,20,22);1H. The number of pyridine rings is 1. The largest absolute Gasteiger partial charge is 0.378 e. The van der Waals surface area contributed by atoms with Gasteiger partial charge in [-0.25, -0.2) is 18.4 Å². The molecule has 0 radical (unpaired) electrons. The Hall–Kier alpha value is -0.690. The molecule has 0 atom stereocenters. The minimum atomic E-state index is -3.30. The third kappa shape index (κ3) is 8.91. The Bertz CT molecular complexity index is 738. The van der Waals surface area contributed by atoms with Gasteiger partial charge >= 0.3 is 0 Å². The minimum absolute atomic E-state index is 0. The monoisotopic (exact) mass is 559 g/mol. The predicted molar refractivity (Wildman–Crippen MR) is 127 cm³/mol. The lowest BCUT2D eigenvalue weighted by Gasteiger charge is -2.35. The van der Waals surface area contributed by atoms with Gasteiger partial charge in [-0.05, 0) is 32.4 Å². The molecule has 0 saturated carbocycles. The molecule has 0 spiro atoms. The van der Waals surface area contributed by atoms with E-state index >= 15 is 0 Å². The number of aliphatic imine (C=N–C) groups is 1. The van der Waals surface area contributed by atoms with Gasteiger partial charge in [-0.2, -0.15) is 4.31 Å². The Morgan fingerprint density at radius 1 is 1.31 bits per heavy atom. The average molecular weight is 560 g/mol. The number of sulfonamides is 1. The lowest BCUT2D eigenvalue weighted by Crippen LogP contribution is -2.54. The molecule has 0 amide bonds. The van der Waals surface area contributed by atoms with Crippen LogP contribution < -0.4 is 5.32 Å². The lowest BCUT2D eigenvalue weighted by molar-refractivity contribution is 0.0904. The van der Waals surface area contributed by atoms with E-state index in [1.165, 1.54) is 0 Å². The molecule has 1 aliphatic heterocycles. The quantitative estimate of drug-likeness (QED) is 0.227. The van der Waals surface area contributed by atoms with Crippen molar-refractivity contribution in [2.24, 2.45) is 4.99 Å². The number of hydrogen-bond acceptors (Lipinski definition) is 5. The van der Waals surface area contributed by atoms with Crippen molar-refractivity contribution >= 4 is 51.6 Å². The number of piperazine rings is 1. The zero-order valence-corrected chi connectivity index (χ0v) is 21.1. The number of aromatic nitrogens is 1. The number of ether oxygens (including phenoxy) is 1. The highest BCUT2D eigenvalue weighted by Crippen LogP contribution is 2.10. The maximum atomic E-state index is 12.5. The van der Waals surface area contributed by atoms with E-state index in [4.69, 9.17) is 16.3 Å². The first-order chi connectivity index (χ1) is 13.3. The van der Waals surface area contributed by atoms with E-state index in [1.807, 2.05) is 26.8 Å². The Kier molecular flexibility index (Phi) is 11.7. The number of rotatable bonds is 8. The summed E-state index contributed by atoms with van der Waals surface area (Å²) >= 11 is 5.81. The van der Waals surface area contributed by atoms with Gasteiger partial charge in [0.1, 0.15) is 5.15 Å². The van der Waals surface area contributed by atoms with Crippen LogP contribution >= 0.6 is 35.6 Å². The average Bonchev–Trinajstić information content (AvgIpc) is 2.66. The maximum Gasteiger partial charge on any atom is 0.216 e. The second kappa shape index (κ2) is 12.9. The molecule has 0 aromatic carbocycles. The van der Waals surface area contributed by atoms with E-state index in [1.54, 1.807) is 16.6 Å². The predicted octanol–water partition coefficient (Wildman–Crippen LogP) is 2.19. The molecule has 8 nitrogen and oxygen atoms in total. The topological polar surface area (TPSA) is 87.1 Å². The smallest absolute Gasteiger partial charge is 0.216 e. The van der Waals surface area contributed by atoms with Gasteiger partial charge in [-0.1, -0.05) is 17.7 Å². The van der Waals surface area contributed by atoms with Crippen molar-refractivity contribution in [2.45, 2.75) is 33.4 Å². The van der Waals surface area contributed by atoms with Crippen LogP contribution in [0.5, 0.6) is 0 Å². The van der Waals surface area contributed by atoms with Gasteiger partial charge in [0.15, 0.2) is 5.96 Å². The van der Waals surface area contributed by atoms with Gasteiger partial charge in [-0.3, -0.25) is 0 Å². The molecule has 1 aliphatic rings. The fourth-order valence-corrected chi connectivity index (χ4v) is 4.18. The first-order valence-corrected chi connectivity index (χ1v) is 11.5. The van der Waals surface area contributed by atoms with E-state index in [0.29, 0.717) is 37.9 Å². The van der Waals surface area contributed by atoms with Crippen molar-refractivity contribution < 1.29 is 13.2 Å². The number of hydrogen-bond donors (Lipinski definition) is 1. The third-order valence-corrected chi connectivity index (χ3v) is 6.32. The number of guanidine groups is 1. The molecule has 29 heavy (non-hydrogen) atoms. The van der Waals surface area contributed by atoms with Crippen LogP contribution in [0, 0.1) is 0 Å². The van der Waals surface area contributed by atoms with Gasteiger partial charge in [0.2, 0.25) is 10.0 Å². The summed E-state index contributed by atoms with van der Waals surface area (Å²) in [4.78, 5) is 10.8. The summed E-state index contributed by atoms with van der Waals surface area (Å²) in [5, 5.41) is 3.73. The van der Waals surface area contributed by atoms with E-state index < -0.39 is 10.0 Å². The lowest BCUT2D eigenvalue weighted by atomic mass is 10.3. The summed E-state index contributed by atoms with van der Waals surface area (Å²) < 4.78 is 31.9.